The molecule has 0 spiro atoms. The van der Waals surface area contributed by atoms with Gasteiger partial charge in [0.1, 0.15) is 0 Å². The Morgan fingerprint density at radius 2 is 1.17 bits per heavy atom. The lowest BCUT2D eigenvalue weighted by Gasteiger charge is -2.43. The Morgan fingerprint density at radius 3 is 2.00 bits per heavy atom. The summed E-state index contributed by atoms with van der Waals surface area (Å²) in [5.74, 6) is 0. The van der Waals surface area contributed by atoms with Gasteiger partial charge < -0.3 is 4.90 Å². The van der Waals surface area contributed by atoms with Crippen LogP contribution in [0, 0.1) is 6.92 Å². The summed E-state index contributed by atoms with van der Waals surface area (Å²) in [5, 5.41) is 2.56. The summed E-state index contributed by atoms with van der Waals surface area (Å²) < 4.78 is 0. The summed E-state index contributed by atoms with van der Waals surface area (Å²) in [7, 11) is 0. The van der Waals surface area contributed by atoms with Gasteiger partial charge in [0, 0.05) is 16.5 Å². The molecule has 1 aliphatic carbocycles. The van der Waals surface area contributed by atoms with E-state index in [-0.39, 0.29) is 10.8 Å². The molecule has 0 atom stereocenters. The van der Waals surface area contributed by atoms with Crippen LogP contribution in [0.15, 0.2) is 97.1 Å². The van der Waals surface area contributed by atoms with Crippen molar-refractivity contribution in [2.45, 2.75) is 45.4 Å². The van der Waals surface area contributed by atoms with Crippen LogP contribution in [0.4, 0.5) is 17.1 Å². The molecule has 0 radical (unpaired) electrons. The molecule has 1 heterocycles. The molecule has 176 valence electrons. The third kappa shape index (κ3) is 2.77. The fourth-order valence-corrected chi connectivity index (χ4v) is 6.66. The van der Waals surface area contributed by atoms with Gasteiger partial charge in [-0.3, -0.25) is 0 Å². The van der Waals surface area contributed by atoms with Crippen LogP contribution in [-0.4, -0.2) is 0 Å². The lowest BCUT2D eigenvalue weighted by atomic mass is 9.72. The molecule has 7 rings (SSSR count). The zero-order chi connectivity index (χ0) is 24.8. The molecule has 1 aliphatic heterocycles. The van der Waals surface area contributed by atoms with Gasteiger partial charge in [0.15, 0.2) is 0 Å². The SMILES string of the molecule is Cc1ccc2cc(N3c4ccccc4C(C)(C)c4cc5c(cc43)C(C)(C)c3ccccc3-5)ccc2c1. The molecule has 1 nitrogen and oxygen atoms in total. The molecule has 0 fully saturated rings. The molecule has 0 bridgehead atoms. The molecule has 0 unspecified atom stereocenters. The van der Waals surface area contributed by atoms with Crippen molar-refractivity contribution in [3.63, 3.8) is 0 Å². The van der Waals surface area contributed by atoms with E-state index in [4.69, 9.17) is 0 Å². The first-order chi connectivity index (χ1) is 17.3. The molecule has 36 heavy (non-hydrogen) atoms. The Bertz CT molecular complexity index is 1700. The molecular formula is C35H31N. The van der Waals surface area contributed by atoms with Crippen molar-refractivity contribution >= 4 is 27.8 Å². The lowest BCUT2D eigenvalue weighted by Crippen LogP contribution is -2.31. The molecule has 5 aromatic rings. The van der Waals surface area contributed by atoms with E-state index in [0.29, 0.717) is 0 Å². The number of rotatable bonds is 1. The van der Waals surface area contributed by atoms with Crippen LogP contribution in [0.2, 0.25) is 0 Å². The number of hydrogen-bond acceptors (Lipinski definition) is 1. The Morgan fingerprint density at radius 1 is 0.500 bits per heavy atom. The largest absolute Gasteiger partial charge is 0.310 e. The second-order valence-electron chi connectivity index (χ2n) is 11.6. The molecule has 1 heteroatoms. The maximum Gasteiger partial charge on any atom is 0.0506 e. The van der Waals surface area contributed by atoms with Crippen molar-refractivity contribution in [3.8, 4) is 11.1 Å². The van der Waals surface area contributed by atoms with Gasteiger partial charge in [-0.2, -0.15) is 0 Å². The summed E-state index contributed by atoms with van der Waals surface area (Å²) in [6.07, 6.45) is 0. The molecule has 5 aromatic carbocycles. The summed E-state index contributed by atoms with van der Waals surface area (Å²) in [6, 6.07) is 36.5. The van der Waals surface area contributed by atoms with Crippen molar-refractivity contribution in [2.75, 3.05) is 4.90 Å². The predicted octanol–water partition coefficient (Wildman–Crippen LogP) is 9.56. The minimum atomic E-state index is -0.104. The number of hydrogen-bond donors (Lipinski definition) is 0. The van der Waals surface area contributed by atoms with Crippen molar-refractivity contribution in [1.29, 1.82) is 0 Å². The minimum Gasteiger partial charge on any atom is -0.310 e. The normalized spacial score (nSPS) is 16.3. The zero-order valence-corrected chi connectivity index (χ0v) is 21.7. The van der Waals surface area contributed by atoms with Crippen molar-refractivity contribution < 1.29 is 0 Å². The van der Waals surface area contributed by atoms with Crippen LogP contribution in [0.25, 0.3) is 21.9 Å². The van der Waals surface area contributed by atoms with Crippen LogP contribution >= 0.6 is 0 Å². The summed E-state index contributed by atoms with van der Waals surface area (Å²) in [5.41, 5.74) is 13.3. The standard InChI is InChI=1S/C35H31N/c1-22-14-15-24-19-25(17-16-23(24)18-22)36-32-13-9-8-12-29(32)35(4,5)31-20-27-26-10-6-7-11-28(26)34(2,3)30(27)21-33(31)36/h6-21H,1-5H3. The molecular weight excluding hydrogens is 434 g/mol. The van der Waals surface area contributed by atoms with Crippen LogP contribution in [-0.2, 0) is 10.8 Å². The maximum absolute atomic E-state index is 2.49. The maximum atomic E-state index is 2.49. The average Bonchev–Trinajstić information content (AvgIpc) is 3.10. The van der Waals surface area contributed by atoms with E-state index in [2.05, 4.69) is 137 Å². The average molecular weight is 466 g/mol. The van der Waals surface area contributed by atoms with E-state index in [9.17, 15) is 0 Å². The highest BCUT2D eigenvalue weighted by atomic mass is 15.2. The van der Waals surface area contributed by atoms with E-state index >= 15 is 0 Å². The Hall–Kier alpha value is -3.84. The molecule has 0 amide bonds. The first-order valence-electron chi connectivity index (χ1n) is 13.0. The summed E-state index contributed by atoms with van der Waals surface area (Å²) >= 11 is 0. The van der Waals surface area contributed by atoms with Gasteiger partial charge in [0.25, 0.3) is 0 Å². The molecule has 0 N–H and O–H groups in total. The van der Waals surface area contributed by atoms with Gasteiger partial charge in [0.05, 0.1) is 11.4 Å². The number of para-hydroxylation sites is 1. The Kier molecular flexibility index (Phi) is 4.23. The van der Waals surface area contributed by atoms with Gasteiger partial charge in [-0.25, -0.2) is 0 Å². The van der Waals surface area contributed by atoms with Gasteiger partial charge >= 0.3 is 0 Å². The van der Waals surface area contributed by atoms with E-state index in [1.54, 1.807) is 0 Å². The Labute approximate surface area is 214 Å². The smallest absolute Gasteiger partial charge is 0.0506 e. The number of aryl methyl sites for hydroxylation is 1. The zero-order valence-electron chi connectivity index (χ0n) is 21.7. The van der Waals surface area contributed by atoms with Gasteiger partial charge in [0.2, 0.25) is 0 Å². The van der Waals surface area contributed by atoms with Crippen LogP contribution in [0.5, 0.6) is 0 Å². The Balaban J connectivity index is 1.54. The van der Waals surface area contributed by atoms with Crippen LogP contribution in [0.1, 0.15) is 55.5 Å². The van der Waals surface area contributed by atoms with Crippen LogP contribution < -0.4 is 4.90 Å². The minimum absolute atomic E-state index is 0.0331. The second kappa shape index (κ2) is 7.11. The fraction of sp³-hybridized carbons (Fsp3) is 0.200. The molecule has 0 saturated heterocycles. The van der Waals surface area contributed by atoms with Crippen LogP contribution in [0.3, 0.4) is 0 Å². The van der Waals surface area contributed by atoms with E-state index in [1.807, 2.05) is 0 Å². The predicted molar refractivity (Wildman–Crippen MR) is 153 cm³/mol. The first kappa shape index (κ1) is 21.4. The monoisotopic (exact) mass is 465 g/mol. The second-order valence-corrected chi connectivity index (χ2v) is 11.6. The van der Waals surface area contributed by atoms with E-state index < -0.39 is 0 Å². The van der Waals surface area contributed by atoms with Crippen molar-refractivity contribution in [1.82, 2.24) is 0 Å². The third-order valence-electron chi connectivity index (χ3n) is 8.67. The third-order valence-corrected chi connectivity index (χ3v) is 8.67. The van der Waals surface area contributed by atoms with Crippen molar-refractivity contribution in [2.24, 2.45) is 0 Å². The topological polar surface area (TPSA) is 3.24 Å². The highest BCUT2D eigenvalue weighted by Crippen LogP contribution is 2.57. The van der Waals surface area contributed by atoms with Gasteiger partial charge in [-0.05, 0) is 81.4 Å². The molecule has 2 aliphatic rings. The number of benzene rings is 5. The van der Waals surface area contributed by atoms with Gasteiger partial charge in [-0.15, -0.1) is 0 Å². The molecule has 0 saturated carbocycles. The van der Waals surface area contributed by atoms with Crippen molar-refractivity contribution in [3.05, 3.63) is 125 Å². The first-order valence-corrected chi connectivity index (χ1v) is 13.0. The molecule has 0 aromatic heterocycles. The summed E-state index contributed by atoms with van der Waals surface area (Å²) in [4.78, 5) is 2.49. The lowest BCUT2D eigenvalue weighted by molar-refractivity contribution is 0.627. The number of fused-ring (bicyclic) bond motifs is 6. The number of nitrogens with zero attached hydrogens (tertiary/aromatic N) is 1. The van der Waals surface area contributed by atoms with Gasteiger partial charge in [-0.1, -0.05) is 100.0 Å². The quantitative estimate of drug-likeness (QED) is 0.238. The van der Waals surface area contributed by atoms with E-state index in [1.165, 1.54) is 66.8 Å². The fourth-order valence-electron chi connectivity index (χ4n) is 6.66. The van der Waals surface area contributed by atoms with E-state index in [0.717, 1.165) is 0 Å². The highest BCUT2D eigenvalue weighted by molar-refractivity contribution is 5.94. The summed E-state index contributed by atoms with van der Waals surface area (Å²) in [6.45, 7) is 11.7. The number of anilines is 3. The highest BCUT2D eigenvalue weighted by Gasteiger charge is 2.42.